The van der Waals surface area contributed by atoms with Crippen LogP contribution in [0.15, 0.2) is 0 Å². The summed E-state index contributed by atoms with van der Waals surface area (Å²) in [6.45, 7) is 0. The van der Waals surface area contributed by atoms with Gasteiger partial charge in [0.1, 0.15) is 0 Å². The largest absolute Gasteiger partial charge is 0.478 e. The van der Waals surface area contributed by atoms with Crippen molar-refractivity contribution in [2.75, 3.05) is 0 Å². The van der Waals surface area contributed by atoms with Gasteiger partial charge in [-0.25, -0.2) is 4.79 Å². The average Bonchev–Trinajstić information content (AvgIpc) is 1.31. The van der Waals surface area contributed by atoms with Crippen molar-refractivity contribution in [3.8, 4) is 0 Å². The van der Waals surface area contributed by atoms with Crippen molar-refractivity contribution in [1.29, 1.82) is 0 Å². The molecule has 3 nitrogen and oxygen atoms in total. The third-order valence-corrected chi connectivity index (χ3v) is 0.670. The summed E-state index contributed by atoms with van der Waals surface area (Å²) in [7, 11) is 0. The van der Waals surface area contributed by atoms with E-state index in [-0.39, 0.29) is 0 Å². The number of aliphatic carboxylic acids is 1. The Labute approximate surface area is 51.2 Å². The molecule has 0 unspecified atom stereocenters. The highest BCUT2D eigenvalue weighted by Crippen LogP contribution is 2.13. The van der Waals surface area contributed by atoms with Crippen molar-refractivity contribution < 1.29 is 15.0 Å². The number of hydrogen-bond donors (Lipinski definition) is 4. The highest BCUT2D eigenvalue weighted by molar-refractivity contribution is 8.01. The van der Waals surface area contributed by atoms with Crippen molar-refractivity contribution >= 4 is 31.2 Å². The maximum atomic E-state index is 9.62. The Bertz CT molecular complexity index is 83.4. The molecule has 0 rings (SSSR count). The van der Waals surface area contributed by atoms with Crippen LogP contribution in [0.3, 0.4) is 0 Å². The summed E-state index contributed by atoms with van der Waals surface area (Å²) >= 11 is 6.34. The van der Waals surface area contributed by atoms with Crippen LogP contribution >= 0.6 is 25.3 Å². The summed E-state index contributed by atoms with van der Waals surface area (Å²) in [6.07, 6.45) is 0. The Morgan fingerprint density at radius 1 is 1.57 bits per heavy atom. The van der Waals surface area contributed by atoms with Gasteiger partial charge in [0.25, 0.3) is 4.27 Å². The molecule has 0 fully saturated rings. The fraction of sp³-hybridized carbons (Fsp3) is 0.500. The van der Waals surface area contributed by atoms with Gasteiger partial charge in [-0.05, 0) is 0 Å². The van der Waals surface area contributed by atoms with E-state index in [4.69, 9.17) is 10.2 Å². The van der Waals surface area contributed by atoms with Crippen molar-refractivity contribution in [1.82, 2.24) is 0 Å². The molecule has 0 aromatic heterocycles. The van der Waals surface area contributed by atoms with E-state index < -0.39 is 10.2 Å². The van der Waals surface area contributed by atoms with E-state index in [1.807, 2.05) is 0 Å². The molecule has 7 heavy (non-hydrogen) atoms. The maximum Gasteiger partial charge on any atom is 0.357 e. The molecule has 0 spiro atoms. The summed E-state index contributed by atoms with van der Waals surface area (Å²) in [5.74, 6) is -1.47. The standard InChI is InChI=1S/C2H4O3S2/c3-1(4)2(5,6)7/h5-7H,(H,3,4). The Kier molecular flexibility index (Phi) is 1.97. The van der Waals surface area contributed by atoms with Gasteiger partial charge < -0.3 is 10.2 Å². The van der Waals surface area contributed by atoms with Gasteiger partial charge >= 0.3 is 5.97 Å². The van der Waals surface area contributed by atoms with E-state index in [2.05, 4.69) is 25.3 Å². The zero-order chi connectivity index (χ0) is 6.08. The van der Waals surface area contributed by atoms with Crippen LogP contribution in [0.1, 0.15) is 0 Å². The van der Waals surface area contributed by atoms with Gasteiger partial charge in [-0.3, -0.25) is 0 Å². The van der Waals surface area contributed by atoms with Crippen LogP contribution in [0.25, 0.3) is 0 Å². The summed E-state index contributed by atoms with van der Waals surface area (Å²) in [4.78, 5) is 9.62. The zero-order valence-corrected chi connectivity index (χ0v) is 4.99. The molecule has 0 aromatic rings. The van der Waals surface area contributed by atoms with Crippen LogP contribution in [-0.4, -0.2) is 20.4 Å². The lowest BCUT2D eigenvalue weighted by molar-refractivity contribution is -0.143. The first-order chi connectivity index (χ1) is 2.94. The van der Waals surface area contributed by atoms with Crippen molar-refractivity contribution in [3.05, 3.63) is 0 Å². The summed E-state index contributed by atoms with van der Waals surface area (Å²) in [6, 6.07) is 0. The first-order valence-corrected chi connectivity index (χ1v) is 2.24. The first kappa shape index (κ1) is 7.13. The highest BCUT2D eigenvalue weighted by Gasteiger charge is 2.24. The molecular formula is C2H4O3S2. The minimum Gasteiger partial charge on any atom is -0.478 e. The molecule has 0 heterocycles. The monoisotopic (exact) mass is 140 g/mol. The zero-order valence-electron chi connectivity index (χ0n) is 3.20. The Morgan fingerprint density at radius 2 is 1.71 bits per heavy atom. The topological polar surface area (TPSA) is 57.5 Å². The predicted octanol–water partition coefficient (Wildman–Crippen LogP) is -0.423. The average molecular weight is 140 g/mol. The van der Waals surface area contributed by atoms with E-state index in [0.717, 1.165) is 0 Å². The number of rotatable bonds is 1. The van der Waals surface area contributed by atoms with Crippen LogP contribution in [-0.2, 0) is 4.79 Å². The fourth-order valence-corrected chi connectivity index (χ4v) is 0. The van der Waals surface area contributed by atoms with Crippen molar-refractivity contribution in [2.45, 2.75) is 4.27 Å². The molecule has 0 atom stereocenters. The molecule has 0 aromatic carbocycles. The Morgan fingerprint density at radius 3 is 1.71 bits per heavy atom. The summed E-state index contributed by atoms with van der Waals surface area (Å²) in [5.41, 5.74) is 0. The molecule has 0 aliphatic carbocycles. The second kappa shape index (κ2) is 1.94. The second-order valence-corrected chi connectivity index (χ2v) is 2.59. The number of aliphatic hydroxyl groups is 1. The van der Waals surface area contributed by atoms with E-state index >= 15 is 0 Å². The fourth-order valence-electron chi connectivity index (χ4n) is 0. The molecule has 0 amide bonds. The van der Waals surface area contributed by atoms with Crippen molar-refractivity contribution in [3.63, 3.8) is 0 Å². The molecule has 42 valence electrons. The van der Waals surface area contributed by atoms with Crippen LogP contribution in [0.4, 0.5) is 0 Å². The van der Waals surface area contributed by atoms with Gasteiger partial charge in [0.05, 0.1) is 0 Å². The normalized spacial score (nSPS) is 11.3. The molecule has 2 N–H and O–H groups in total. The van der Waals surface area contributed by atoms with Crippen LogP contribution in [0.5, 0.6) is 0 Å². The van der Waals surface area contributed by atoms with Gasteiger partial charge in [-0.1, -0.05) is 0 Å². The quantitative estimate of drug-likeness (QED) is 0.295. The number of hydrogen-bond acceptors (Lipinski definition) is 4. The minimum absolute atomic E-state index is 1.47. The second-order valence-electron chi connectivity index (χ2n) is 0.941. The smallest absolute Gasteiger partial charge is 0.357 e. The Balaban J connectivity index is 3.79. The summed E-state index contributed by atoms with van der Waals surface area (Å²) in [5, 5.41) is 16.1. The SMILES string of the molecule is O=C(O)C(O)(S)S. The van der Waals surface area contributed by atoms with Gasteiger partial charge in [0.2, 0.25) is 0 Å². The predicted molar refractivity (Wildman–Crippen MR) is 30.6 cm³/mol. The Hall–Kier alpha value is 0.130. The van der Waals surface area contributed by atoms with Gasteiger partial charge in [0.15, 0.2) is 0 Å². The molecule has 5 heteroatoms. The lowest BCUT2D eigenvalue weighted by Gasteiger charge is -2.05. The number of carboxylic acids is 1. The van der Waals surface area contributed by atoms with Crippen LogP contribution in [0.2, 0.25) is 0 Å². The maximum absolute atomic E-state index is 9.62. The van der Waals surface area contributed by atoms with Crippen molar-refractivity contribution in [2.24, 2.45) is 0 Å². The van der Waals surface area contributed by atoms with E-state index in [1.165, 1.54) is 0 Å². The van der Waals surface area contributed by atoms with Gasteiger partial charge in [-0.2, -0.15) is 0 Å². The summed E-state index contributed by atoms with van der Waals surface area (Å²) < 4.78 is -2.19. The van der Waals surface area contributed by atoms with Crippen LogP contribution in [0, 0.1) is 0 Å². The molecule has 0 aliphatic rings. The van der Waals surface area contributed by atoms with Gasteiger partial charge in [0, 0.05) is 0 Å². The number of carboxylic acid groups (broad SMARTS) is 1. The lowest BCUT2D eigenvalue weighted by Crippen LogP contribution is -2.24. The molecular weight excluding hydrogens is 136 g/mol. The van der Waals surface area contributed by atoms with E-state index in [9.17, 15) is 4.79 Å². The number of carbonyl (C=O) groups is 1. The first-order valence-electron chi connectivity index (χ1n) is 1.35. The molecule has 0 saturated carbocycles. The lowest BCUT2D eigenvalue weighted by atomic mass is 10.7. The molecule has 0 aliphatic heterocycles. The third kappa shape index (κ3) is 2.78. The highest BCUT2D eigenvalue weighted by atomic mass is 32.2. The molecule has 0 bridgehead atoms. The van der Waals surface area contributed by atoms with Crippen LogP contribution < -0.4 is 0 Å². The number of thiol groups is 2. The third-order valence-electron chi connectivity index (χ3n) is 0.287. The van der Waals surface area contributed by atoms with E-state index in [1.54, 1.807) is 0 Å². The molecule has 0 saturated heterocycles. The van der Waals surface area contributed by atoms with E-state index in [0.29, 0.717) is 0 Å². The van der Waals surface area contributed by atoms with Gasteiger partial charge in [-0.15, -0.1) is 25.3 Å². The minimum atomic E-state index is -2.19. The molecule has 0 radical (unpaired) electrons.